The van der Waals surface area contributed by atoms with Gasteiger partial charge in [-0.1, -0.05) is 5.21 Å². The van der Waals surface area contributed by atoms with Gasteiger partial charge >= 0.3 is 0 Å². The van der Waals surface area contributed by atoms with Gasteiger partial charge in [0, 0.05) is 49.2 Å². The Morgan fingerprint density at radius 3 is 2.62 bits per heavy atom. The number of ether oxygens (including phenoxy) is 1. The number of carbonyl (C=O) groups is 1. The molecule has 8 nitrogen and oxygen atoms in total. The summed E-state index contributed by atoms with van der Waals surface area (Å²) in [5.74, 6) is 0.741. The number of aromatic nitrogens is 4. The van der Waals surface area contributed by atoms with Gasteiger partial charge in [-0.15, -0.1) is 5.10 Å². The van der Waals surface area contributed by atoms with E-state index in [1.807, 2.05) is 25.5 Å². The van der Waals surface area contributed by atoms with E-state index >= 15 is 0 Å². The third-order valence-corrected chi connectivity index (χ3v) is 6.82. The molecule has 3 heterocycles. The number of aryl methyl sites for hydroxylation is 2. The van der Waals surface area contributed by atoms with Gasteiger partial charge in [0.1, 0.15) is 11.5 Å². The molecule has 0 atom stereocenters. The summed E-state index contributed by atoms with van der Waals surface area (Å²) in [5, 5.41) is 13.4. The van der Waals surface area contributed by atoms with E-state index in [2.05, 4.69) is 44.6 Å². The van der Waals surface area contributed by atoms with E-state index in [0.29, 0.717) is 11.9 Å². The van der Waals surface area contributed by atoms with Crippen molar-refractivity contribution in [3.8, 4) is 11.3 Å². The summed E-state index contributed by atoms with van der Waals surface area (Å²) in [5.41, 5.74) is 2.96. The van der Waals surface area contributed by atoms with Crippen LogP contribution in [0.5, 0.6) is 0 Å². The maximum absolute atomic E-state index is 12.9. The molecular formula is C24H30N6O2. The number of anilines is 1. The molecule has 32 heavy (non-hydrogen) atoms. The molecule has 0 spiro atoms. The molecule has 2 aliphatic rings. The third-order valence-electron chi connectivity index (χ3n) is 6.82. The van der Waals surface area contributed by atoms with Crippen LogP contribution < -0.4 is 5.32 Å². The summed E-state index contributed by atoms with van der Waals surface area (Å²) in [6.45, 7) is 5.74. The second-order valence-electron chi connectivity index (χ2n) is 9.00. The Bertz CT molecular complexity index is 1110. The smallest absolute Gasteiger partial charge is 0.228 e. The van der Waals surface area contributed by atoms with Gasteiger partial charge < -0.3 is 10.1 Å². The van der Waals surface area contributed by atoms with Crippen LogP contribution >= 0.6 is 0 Å². The van der Waals surface area contributed by atoms with Crippen LogP contribution in [0.3, 0.4) is 0 Å². The van der Waals surface area contributed by atoms with Crippen LogP contribution in [0.1, 0.15) is 31.2 Å². The number of hydrogen-bond donors (Lipinski definition) is 1. The lowest BCUT2D eigenvalue weighted by molar-refractivity contribution is -0.121. The van der Waals surface area contributed by atoms with Crippen molar-refractivity contribution in [2.45, 2.75) is 38.6 Å². The molecule has 2 aromatic heterocycles. The third kappa shape index (κ3) is 4.38. The maximum Gasteiger partial charge on any atom is 0.228 e. The molecule has 0 unspecified atom stereocenters. The van der Waals surface area contributed by atoms with Gasteiger partial charge in [-0.3, -0.25) is 14.4 Å². The van der Waals surface area contributed by atoms with E-state index in [1.54, 1.807) is 4.68 Å². The zero-order chi connectivity index (χ0) is 22.1. The van der Waals surface area contributed by atoms with Crippen molar-refractivity contribution in [2.75, 3.05) is 31.6 Å². The van der Waals surface area contributed by atoms with E-state index in [4.69, 9.17) is 4.74 Å². The largest absolute Gasteiger partial charge is 0.379 e. The molecular weight excluding hydrogens is 404 g/mol. The maximum atomic E-state index is 12.9. The molecule has 1 N–H and O–H groups in total. The lowest BCUT2D eigenvalue weighted by Crippen LogP contribution is -2.45. The first-order valence-corrected chi connectivity index (χ1v) is 11.5. The Hall–Kier alpha value is -2.84. The van der Waals surface area contributed by atoms with Gasteiger partial charge in [0.25, 0.3) is 0 Å². The number of morpholine rings is 1. The van der Waals surface area contributed by atoms with Crippen LogP contribution in [-0.2, 0) is 16.6 Å². The minimum Gasteiger partial charge on any atom is -0.379 e. The summed E-state index contributed by atoms with van der Waals surface area (Å²) < 4.78 is 7.16. The van der Waals surface area contributed by atoms with Gasteiger partial charge in [0.05, 0.1) is 19.4 Å². The number of nitrogens with one attached hydrogen (secondary N) is 1. The summed E-state index contributed by atoms with van der Waals surface area (Å²) in [7, 11) is 1.86. The highest BCUT2D eigenvalue weighted by Gasteiger charge is 2.30. The fraction of sp³-hybridized carbons (Fsp3) is 0.500. The SMILES string of the molecule is Cc1cc(-c2cn(C)nn2)cc2cc(NC(=O)[C@H]3CC[C@H](N4CCOCC4)CC3)ncc12. The number of hydrogen-bond acceptors (Lipinski definition) is 6. The highest BCUT2D eigenvalue weighted by Crippen LogP contribution is 2.30. The predicted octanol–water partition coefficient (Wildman–Crippen LogP) is 3.17. The Labute approximate surface area is 188 Å². The molecule has 0 bridgehead atoms. The Morgan fingerprint density at radius 2 is 1.91 bits per heavy atom. The normalized spacial score (nSPS) is 22.2. The summed E-state index contributed by atoms with van der Waals surface area (Å²) in [4.78, 5) is 20.0. The molecule has 1 amide bonds. The van der Waals surface area contributed by atoms with Crippen molar-refractivity contribution in [2.24, 2.45) is 13.0 Å². The van der Waals surface area contributed by atoms with Crippen LogP contribution in [0, 0.1) is 12.8 Å². The van der Waals surface area contributed by atoms with Crippen LogP contribution in [0.25, 0.3) is 22.0 Å². The summed E-state index contributed by atoms with van der Waals surface area (Å²) >= 11 is 0. The summed E-state index contributed by atoms with van der Waals surface area (Å²) in [6, 6.07) is 6.72. The van der Waals surface area contributed by atoms with Crippen molar-refractivity contribution in [1.82, 2.24) is 24.9 Å². The van der Waals surface area contributed by atoms with Gasteiger partial charge in [0.15, 0.2) is 0 Å². The quantitative estimate of drug-likeness (QED) is 0.679. The molecule has 8 heteroatoms. The van der Waals surface area contributed by atoms with Crippen LogP contribution in [0.15, 0.2) is 30.6 Å². The number of benzene rings is 1. The van der Waals surface area contributed by atoms with E-state index in [9.17, 15) is 4.79 Å². The average Bonchev–Trinajstić information content (AvgIpc) is 3.26. The van der Waals surface area contributed by atoms with Gasteiger partial charge in [-0.2, -0.15) is 0 Å². The molecule has 0 radical (unpaired) electrons. The Kier molecular flexibility index (Phi) is 5.89. The fourth-order valence-electron chi connectivity index (χ4n) is 5.01. The van der Waals surface area contributed by atoms with E-state index in [1.165, 1.54) is 0 Å². The van der Waals surface area contributed by atoms with Crippen LogP contribution in [-0.4, -0.2) is 63.1 Å². The van der Waals surface area contributed by atoms with E-state index in [-0.39, 0.29) is 11.8 Å². The van der Waals surface area contributed by atoms with Gasteiger partial charge in [-0.25, -0.2) is 4.98 Å². The zero-order valence-corrected chi connectivity index (χ0v) is 18.8. The standard InChI is InChI=1S/C24H30N6O2/c1-16-11-19(22-15-29(2)28-27-22)12-18-13-23(25-14-21(16)18)26-24(31)17-3-5-20(6-4-17)30-7-9-32-10-8-30/h11-15,17,20H,3-10H2,1-2H3,(H,25,26,31)/t17-,20-. The molecule has 1 aliphatic heterocycles. The van der Waals surface area contributed by atoms with Crippen molar-refractivity contribution in [1.29, 1.82) is 0 Å². The van der Waals surface area contributed by atoms with Crippen molar-refractivity contribution >= 4 is 22.5 Å². The molecule has 2 fully saturated rings. The van der Waals surface area contributed by atoms with Crippen LogP contribution in [0.4, 0.5) is 5.82 Å². The highest BCUT2D eigenvalue weighted by molar-refractivity contribution is 5.95. The lowest BCUT2D eigenvalue weighted by Gasteiger charge is -2.38. The van der Waals surface area contributed by atoms with Crippen molar-refractivity contribution in [3.05, 3.63) is 36.2 Å². The Morgan fingerprint density at radius 1 is 1.12 bits per heavy atom. The first-order valence-electron chi connectivity index (χ1n) is 11.5. The van der Waals surface area contributed by atoms with E-state index in [0.717, 1.165) is 79.6 Å². The molecule has 5 rings (SSSR count). The second kappa shape index (κ2) is 8.96. The van der Waals surface area contributed by atoms with Crippen molar-refractivity contribution < 1.29 is 9.53 Å². The zero-order valence-electron chi connectivity index (χ0n) is 18.8. The number of fused-ring (bicyclic) bond motifs is 1. The molecule has 1 aromatic carbocycles. The van der Waals surface area contributed by atoms with Gasteiger partial charge in [0.2, 0.25) is 5.91 Å². The minimum absolute atomic E-state index is 0.0532. The number of amides is 1. The summed E-state index contributed by atoms with van der Waals surface area (Å²) in [6.07, 6.45) is 7.75. The molecule has 1 aliphatic carbocycles. The number of rotatable bonds is 4. The van der Waals surface area contributed by atoms with Crippen LogP contribution in [0.2, 0.25) is 0 Å². The highest BCUT2D eigenvalue weighted by atomic mass is 16.5. The first-order chi connectivity index (χ1) is 15.6. The average molecular weight is 435 g/mol. The molecule has 1 saturated carbocycles. The predicted molar refractivity (Wildman–Crippen MR) is 123 cm³/mol. The minimum atomic E-state index is 0.0532. The molecule has 1 saturated heterocycles. The number of nitrogens with zero attached hydrogens (tertiary/aromatic N) is 5. The topological polar surface area (TPSA) is 85.2 Å². The van der Waals surface area contributed by atoms with E-state index < -0.39 is 0 Å². The fourth-order valence-corrected chi connectivity index (χ4v) is 5.01. The Balaban J connectivity index is 1.27. The number of pyridine rings is 1. The molecule has 168 valence electrons. The number of carbonyl (C=O) groups excluding carboxylic acids is 1. The first kappa shape index (κ1) is 21.0. The second-order valence-corrected chi connectivity index (χ2v) is 9.00. The lowest BCUT2D eigenvalue weighted by atomic mass is 9.84. The van der Waals surface area contributed by atoms with Crippen molar-refractivity contribution in [3.63, 3.8) is 0 Å². The molecule has 3 aromatic rings. The monoisotopic (exact) mass is 434 g/mol. The van der Waals surface area contributed by atoms with Gasteiger partial charge in [-0.05, 0) is 61.8 Å².